The molecule has 1 aliphatic heterocycles. The lowest BCUT2D eigenvalue weighted by molar-refractivity contribution is -0.0264. The zero-order valence-electron chi connectivity index (χ0n) is 21.5. The predicted molar refractivity (Wildman–Crippen MR) is 146 cm³/mol. The minimum atomic E-state index is -0.547. The van der Waals surface area contributed by atoms with Crippen LogP contribution in [0.1, 0.15) is 38.2 Å². The number of fused-ring (bicyclic) bond motifs is 1. The van der Waals surface area contributed by atoms with Crippen LogP contribution in [0.15, 0.2) is 79.1 Å². The van der Waals surface area contributed by atoms with Gasteiger partial charge in [-0.1, -0.05) is 55.5 Å². The molecule has 1 spiro atoms. The number of carbonyl (C=O) groups is 1. The average Bonchev–Trinajstić information content (AvgIpc) is 3.46. The molecule has 2 fully saturated rings. The number of aromatic nitrogens is 2. The van der Waals surface area contributed by atoms with Crippen molar-refractivity contribution in [2.24, 2.45) is 5.41 Å². The smallest absolute Gasteiger partial charge is 0.415 e. The van der Waals surface area contributed by atoms with Gasteiger partial charge in [0.15, 0.2) is 5.69 Å². The van der Waals surface area contributed by atoms with E-state index < -0.39 is 5.60 Å². The van der Waals surface area contributed by atoms with Crippen molar-refractivity contribution >= 4 is 28.5 Å². The SMILES string of the molecule is [C-]#[N+]c1ccc2ncn(C[C@@]3(C)CCCC4(CN(c5ccccc5OCc5ccccc5)C(=O)O4)C3)c2c1. The molecule has 2 heterocycles. The number of anilines is 1. The molecule has 1 amide bonds. The second kappa shape index (κ2) is 9.53. The van der Waals surface area contributed by atoms with E-state index in [1.165, 1.54) is 0 Å². The van der Waals surface area contributed by atoms with Gasteiger partial charge < -0.3 is 14.0 Å². The number of rotatable bonds is 6. The number of carbonyl (C=O) groups excluding carboxylic acids is 1. The van der Waals surface area contributed by atoms with Crippen molar-refractivity contribution in [1.82, 2.24) is 9.55 Å². The van der Waals surface area contributed by atoms with Crippen LogP contribution in [0.2, 0.25) is 0 Å². The second-order valence-corrected chi connectivity index (χ2v) is 10.9. The molecule has 2 aliphatic rings. The number of hydrogen-bond acceptors (Lipinski definition) is 4. The molecule has 7 nitrogen and oxygen atoms in total. The highest BCUT2D eigenvalue weighted by atomic mass is 16.6. The number of benzene rings is 3. The second-order valence-electron chi connectivity index (χ2n) is 10.9. The van der Waals surface area contributed by atoms with Gasteiger partial charge in [0.25, 0.3) is 0 Å². The van der Waals surface area contributed by atoms with Crippen LogP contribution >= 0.6 is 0 Å². The van der Waals surface area contributed by atoms with Crippen molar-refractivity contribution in [3.05, 3.63) is 96.1 Å². The third kappa shape index (κ3) is 4.58. The molecule has 0 N–H and O–H groups in total. The highest BCUT2D eigenvalue weighted by molar-refractivity contribution is 5.92. The van der Waals surface area contributed by atoms with E-state index in [0.29, 0.717) is 24.6 Å². The Balaban J connectivity index is 1.21. The van der Waals surface area contributed by atoms with Crippen LogP contribution in [0.5, 0.6) is 5.75 Å². The van der Waals surface area contributed by atoms with Crippen LogP contribution in [0.3, 0.4) is 0 Å². The molecule has 0 radical (unpaired) electrons. The quantitative estimate of drug-likeness (QED) is 0.261. The number of ether oxygens (including phenoxy) is 2. The molecule has 6 rings (SSSR count). The van der Waals surface area contributed by atoms with Crippen LogP contribution in [-0.2, 0) is 17.9 Å². The lowest BCUT2D eigenvalue weighted by atomic mass is 9.68. The number of amides is 1. The number of imidazole rings is 1. The Hall–Kier alpha value is -4.31. The lowest BCUT2D eigenvalue weighted by Crippen LogP contribution is -2.45. The summed E-state index contributed by atoms with van der Waals surface area (Å²) in [6.07, 6.45) is 5.15. The predicted octanol–water partition coefficient (Wildman–Crippen LogP) is 7.14. The largest absolute Gasteiger partial charge is 0.487 e. The van der Waals surface area contributed by atoms with Gasteiger partial charge in [0.2, 0.25) is 0 Å². The standard InChI is InChI=1S/C31H30N4O3/c1-30(20-34-22-33-25-14-13-24(32-2)17-27(25)34)15-8-16-31(19-30)21-35(29(36)38-31)26-11-6-7-12-28(26)37-18-23-9-4-3-5-10-23/h3-7,9-14,17,22H,8,15-16,18-21H2,1H3/t30-,31?/m0/s1. The summed E-state index contributed by atoms with van der Waals surface area (Å²) >= 11 is 0. The van der Waals surface area contributed by atoms with E-state index in [1.54, 1.807) is 11.0 Å². The van der Waals surface area contributed by atoms with Gasteiger partial charge >= 0.3 is 6.09 Å². The minimum absolute atomic E-state index is 0.0837. The molecule has 2 atom stereocenters. The van der Waals surface area contributed by atoms with E-state index in [-0.39, 0.29) is 11.5 Å². The summed E-state index contributed by atoms with van der Waals surface area (Å²) in [4.78, 5) is 23.1. The van der Waals surface area contributed by atoms with Crippen molar-refractivity contribution in [2.45, 2.75) is 51.4 Å². The van der Waals surface area contributed by atoms with E-state index >= 15 is 0 Å². The van der Waals surface area contributed by atoms with Gasteiger partial charge in [-0.15, -0.1) is 0 Å². The zero-order valence-corrected chi connectivity index (χ0v) is 21.5. The monoisotopic (exact) mass is 506 g/mol. The molecule has 1 unspecified atom stereocenters. The van der Waals surface area contributed by atoms with Gasteiger partial charge in [0.05, 0.1) is 36.2 Å². The Morgan fingerprint density at radius 2 is 1.89 bits per heavy atom. The Kier molecular flexibility index (Phi) is 6.03. The maximum absolute atomic E-state index is 13.3. The molecule has 1 aromatic heterocycles. The summed E-state index contributed by atoms with van der Waals surface area (Å²) in [6, 6.07) is 23.3. The molecule has 4 aromatic rings. The first-order valence-electron chi connectivity index (χ1n) is 13.0. The van der Waals surface area contributed by atoms with Crippen molar-refractivity contribution in [3.8, 4) is 5.75 Å². The molecule has 1 aliphatic carbocycles. The summed E-state index contributed by atoms with van der Waals surface area (Å²) < 4.78 is 14.5. The average molecular weight is 507 g/mol. The first-order valence-corrected chi connectivity index (χ1v) is 13.0. The lowest BCUT2D eigenvalue weighted by Gasteiger charge is -2.43. The van der Waals surface area contributed by atoms with Crippen LogP contribution in [0, 0.1) is 12.0 Å². The fraction of sp³-hybridized carbons (Fsp3) is 0.323. The summed E-state index contributed by atoms with van der Waals surface area (Å²) in [6.45, 7) is 11.3. The molecule has 192 valence electrons. The van der Waals surface area contributed by atoms with Crippen LogP contribution in [0.4, 0.5) is 16.2 Å². The molecular weight excluding hydrogens is 476 g/mol. The maximum Gasteiger partial charge on any atom is 0.415 e. The van der Waals surface area contributed by atoms with E-state index in [2.05, 4.69) is 21.3 Å². The fourth-order valence-corrected chi connectivity index (χ4v) is 6.15. The highest BCUT2D eigenvalue weighted by Gasteiger charge is 2.52. The first-order chi connectivity index (χ1) is 18.5. The third-order valence-electron chi connectivity index (χ3n) is 7.81. The van der Waals surface area contributed by atoms with Crippen molar-refractivity contribution in [3.63, 3.8) is 0 Å². The van der Waals surface area contributed by atoms with Crippen molar-refractivity contribution in [2.75, 3.05) is 11.4 Å². The van der Waals surface area contributed by atoms with Crippen LogP contribution in [0.25, 0.3) is 15.9 Å². The number of hydrogen-bond donors (Lipinski definition) is 0. The van der Waals surface area contributed by atoms with Gasteiger partial charge in [0.1, 0.15) is 18.0 Å². The Morgan fingerprint density at radius 1 is 1.08 bits per heavy atom. The van der Waals surface area contributed by atoms with Gasteiger partial charge in [0, 0.05) is 6.54 Å². The Bertz CT molecular complexity index is 1530. The summed E-state index contributed by atoms with van der Waals surface area (Å²) in [7, 11) is 0. The van der Waals surface area contributed by atoms with E-state index in [1.807, 2.05) is 73.1 Å². The third-order valence-corrected chi connectivity index (χ3v) is 7.81. The number of nitrogens with zero attached hydrogens (tertiary/aromatic N) is 4. The fourth-order valence-electron chi connectivity index (χ4n) is 6.15. The van der Waals surface area contributed by atoms with Crippen molar-refractivity contribution in [1.29, 1.82) is 0 Å². The van der Waals surface area contributed by atoms with Crippen molar-refractivity contribution < 1.29 is 14.3 Å². The molecule has 7 heteroatoms. The molecule has 3 aromatic carbocycles. The zero-order chi connectivity index (χ0) is 26.2. The van der Waals surface area contributed by atoms with E-state index in [0.717, 1.165) is 54.5 Å². The minimum Gasteiger partial charge on any atom is -0.487 e. The summed E-state index contributed by atoms with van der Waals surface area (Å²) in [5, 5.41) is 0. The van der Waals surface area contributed by atoms with Gasteiger partial charge in [-0.05, 0) is 60.9 Å². The highest BCUT2D eigenvalue weighted by Crippen LogP contribution is 2.48. The van der Waals surface area contributed by atoms with Crippen LogP contribution in [-0.4, -0.2) is 27.8 Å². The normalized spacial score (nSPS) is 22.9. The Labute approximate surface area is 222 Å². The molecular formula is C31H30N4O3. The van der Waals surface area contributed by atoms with Gasteiger partial charge in [-0.3, -0.25) is 4.90 Å². The van der Waals surface area contributed by atoms with Gasteiger partial charge in [-0.2, -0.15) is 0 Å². The Morgan fingerprint density at radius 3 is 2.74 bits per heavy atom. The summed E-state index contributed by atoms with van der Waals surface area (Å²) in [5.41, 5.74) is 3.64. The number of para-hydroxylation sites is 2. The van der Waals surface area contributed by atoms with Gasteiger partial charge in [-0.25, -0.2) is 14.6 Å². The van der Waals surface area contributed by atoms with E-state index in [4.69, 9.17) is 16.0 Å². The molecule has 0 bridgehead atoms. The molecule has 38 heavy (non-hydrogen) atoms. The topological polar surface area (TPSA) is 61.0 Å². The maximum atomic E-state index is 13.3. The van der Waals surface area contributed by atoms with Crippen LogP contribution < -0.4 is 9.64 Å². The first kappa shape index (κ1) is 24.1. The molecule has 1 saturated carbocycles. The molecule has 1 saturated heterocycles. The van der Waals surface area contributed by atoms with E-state index in [9.17, 15) is 4.79 Å². The summed E-state index contributed by atoms with van der Waals surface area (Å²) in [5.74, 6) is 0.671.